The van der Waals surface area contributed by atoms with Crippen molar-refractivity contribution in [3.05, 3.63) is 53.4 Å². The van der Waals surface area contributed by atoms with Gasteiger partial charge in [-0.25, -0.2) is 0 Å². The molecule has 7 nitrogen and oxygen atoms in total. The number of nitrogens with one attached hydrogen (secondary N) is 1. The number of β-amino-alcohol motifs (C(OH)–C–C–N with tert-alkyl or cyclic N) is 1. The Morgan fingerprint density at radius 1 is 1.31 bits per heavy atom. The summed E-state index contributed by atoms with van der Waals surface area (Å²) in [6.45, 7) is 10.0. The van der Waals surface area contributed by atoms with E-state index in [1.807, 2.05) is 44.2 Å². The molecule has 0 radical (unpaired) electrons. The zero-order chi connectivity index (χ0) is 23.9. The highest BCUT2D eigenvalue weighted by molar-refractivity contribution is 5.76. The number of hydrogen-bond acceptors (Lipinski definition) is 5. The molecule has 1 aromatic carbocycles. The molecule has 2 heterocycles. The molecule has 7 heteroatoms. The van der Waals surface area contributed by atoms with Gasteiger partial charge in [-0.1, -0.05) is 50.9 Å². The fourth-order valence-electron chi connectivity index (χ4n) is 2.84. The monoisotopic (exact) mass is 441 g/mol. The third-order valence-corrected chi connectivity index (χ3v) is 4.66. The number of aliphatic hydroxyl groups excluding tert-OH is 1. The molecule has 0 aliphatic carbocycles. The van der Waals surface area contributed by atoms with Crippen molar-refractivity contribution in [2.24, 2.45) is 5.92 Å². The molecule has 3 rings (SSSR count). The Balaban J connectivity index is 0.000000245. The predicted molar refractivity (Wildman–Crippen MR) is 125 cm³/mol. The fraction of sp³-hybridized carbons (Fsp3) is 0.480. The number of likely N-dealkylation sites (tertiary alicyclic amines) is 1. The summed E-state index contributed by atoms with van der Waals surface area (Å²) in [5.41, 5.74) is 2.91. The van der Waals surface area contributed by atoms with E-state index in [2.05, 4.69) is 34.8 Å². The van der Waals surface area contributed by atoms with Crippen LogP contribution in [0, 0.1) is 18.3 Å². The van der Waals surface area contributed by atoms with Crippen molar-refractivity contribution in [3.63, 3.8) is 0 Å². The lowest BCUT2D eigenvalue weighted by Crippen LogP contribution is -2.30. The molecule has 0 spiro atoms. The number of aromatic nitrogens is 1. The molecule has 1 aromatic heterocycles. The van der Waals surface area contributed by atoms with Crippen molar-refractivity contribution in [2.45, 2.75) is 59.1 Å². The van der Waals surface area contributed by atoms with Crippen LogP contribution in [0.25, 0.3) is 0 Å². The maximum atomic E-state index is 11.4. The lowest BCUT2D eigenvalue weighted by molar-refractivity contribution is -0.131. The number of hydrogen-bond donors (Lipinski definition) is 2. The summed E-state index contributed by atoms with van der Waals surface area (Å²) in [7, 11) is 0. The van der Waals surface area contributed by atoms with Gasteiger partial charge in [-0.3, -0.25) is 9.59 Å². The first-order valence-corrected chi connectivity index (χ1v) is 10.9. The van der Waals surface area contributed by atoms with E-state index in [4.69, 9.17) is 6.42 Å². The van der Waals surface area contributed by atoms with E-state index in [9.17, 15) is 14.7 Å². The summed E-state index contributed by atoms with van der Waals surface area (Å²) >= 11 is 0. The van der Waals surface area contributed by atoms with Crippen LogP contribution >= 0.6 is 0 Å². The van der Waals surface area contributed by atoms with E-state index in [-0.39, 0.29) is 12.0 Å². The molecule has 0 saturated carbocycles. The van der Waals surface area contributed by atoms with Crippen LogP contribution in [0.4, 0.5) is 0 Å². The van der Waals surface area contributed by atoms with Crippen molar-refractivity contribution in [2.75, 3.05) is 13.1 Å². The van der Waals surface area contributed by atoms with Crippen molar-refractivity contribution in [1.82, 2.24) is 15.4 Å². The van der Waals surface area contributed by atoms with Crippen LogP contribution in [0.2, 0.25) is 0 Å². The average molecular weight is 442 g/mol. The second-order valence-corrected chi connectivity index (χ2v) is 8.30. The molecule has 1 aliphatic heterocycles. The van der Waals surface area contributed by atoms with E-state index in [0.29, 0.717) is 37.8 Å². The topological polar surface area (TPSA) is 95.7 Å². The van der Waals surface area contributed by atoms with Gasteiger partial charge in [0.2, 0.25) is 12.3 Å². The highest BCUT2D eigenvalue weighted by Crippen LogP contribution is 2.12. The molecule has 2 amide bonds. The Hall–Kier alpha value is -3.11. The molecule has 1 aliphatic rings. The first-order chi connectivity index (χ1) is 15.3. The van der Waals surface area contributed by atoms with Gasteiger partial charge in [0.15, 0.2) is 0 Å². The molecule has 32 heavy (non-hydrogen) atoms. The van der Waals surface area contributed by atoms with Gasteiger partial charge in [0.25, 0.3) is 0 Å². The second kappa shape index (κ2) is 14.8. The molecule has 2 aromatic rings. The van der Waals surface area contributed by atoms with Gasteiger partial charge in [0.1, 0.15) is 6.26 Å². The van der Waals surface area contributed by atoms with Gasteiger partial charge in [0, 0.05) is 37.7 Å². The van der Waals surface area contributed by atoms with E-state index < -0.39 is 0 Å². The van der Waals surface area contributed by atoms with Gasteiger partial charge in [0.05, 0.1) is 11.8 Å². The van der Waals surface area contributed by atoms with E-state index >= 15 is 0 Å². The largest absolute Gasteiger partial charge is 0.391 e. The molecular formula is C25H35N3O4. The normalized spacial score (nSPS) is 14.7. The number of aliphatic hydroxyl groups is 1. The molecule has 2 N–H and O–H groups in total. The first kappa shape index (κ1) is 26.9. The fourth-order valence-corrected chi connectivity index (χ4v) is 2.84. The van der Waals surface area contributed by atoms with Crippen molar-refractivity contribution in [3.8, 4) is 12.3 Å². The number of amides is 2. The van der Waals surface area contributed by atoms with Crippen LogP contribution < -0.4 is 5.32 Å². The van der Waals surface area contributed by atoms with E-state index in [1.165, 1.54) is 0 Å². The minimum atomic E-state index is -0.291. The SMILES string of the molecule is C#Cc1ccc(CNC=O)cc1.CC(C)CC(=O)N1CCC(O)C1.CC(C)c1ccon1. The smallest absolute Gasteiger partial charge is 0.222 e. The van der Waals surface area contributed by atoms with Crippen LogP contribution in [0.3, 0.4) is 0 Å². The molecular weight excluding hydrogens is 406 g/mol. The molecule has 1 saturated heterocycles. The Morgan fingerprint density at radius 3 is 2.41 bits per heavy atom. The Bertz CT molecular complexity index is 824. The lowest BCUT2D eigenvalue weighted by atomic mass is 10.1. The summed E-state index contributed by atoms with van der Waals surface area (Å²) in [6, 6.07) is 9.37. The summed E-state index contributed by atoms with van der Waals surface area (Å²) in [5, 5.41) is 15.5. The number of carbonyl (C=O) groups excluding carboxylic acids is 2. The van der Waals surface area contributed by atoms with E-state index in [0.717, 1.165) is 29.8 Å². The minimum Gasteiger partial charge on any atom is -0.391 e. The average Bonchev–Trinajstić information content (AvgIpc) is 3.45. The number of nitrogens with zero attached hydrogens (tertiary/aromatic N) is 2. The third kappa shape index (κ3) is 10.8. The number of rotatable bonds is 6. The summed E-state index contributed by atoms with van der Waals surface area (Å²) in [5.74, 6) is 3.59. The van der Waals surface area contributed by atoms with Crippen LogP contribution in [0.5, 0.6) is 0 Å². The molecule has 174 valence electrons. The Morgan fingerprint density at radius 2 is 2.00 bits per heavy atom. The Kier molecular flexibility index (Phi) is 12.5. The van der Waals surface area contributed by atoms with Gasteiger partial charge in [-0.05, 0) is 36.0 Å². The van der Waals surface area contributed by atoms with Gasteiger partial charge in [-0.2, -0.15) is 0 Å². The summed E-state index contributed by atoms with van der Waals surface area (Å²) in [4.78, 5) is 23.1. The lowest BCUT2D eigenvalue weighted by Gasteiger charge is -2.16. The minimum absolute atomic E-state index is 0.182. The predicted octanol–water partition coefficient (Wildman–Crippen LogP) is 3.34. The zero-order valence-corrected chi connectivity index (χ0v) is 19.5. The third-order valence-electron chi connectivity index (χ3n) is 4.66. The molecule has 1 atom stereocenters. The maximum absolute atomic E-state index is 11.4. The number of benzene rings is 1. The number of carbonyl (C=O) groups is 2. The van der Waals surface area contributed by atoms with E-state index in [1.54, 1.807) is 11.2 Å². The van der Waals surface area contributed by atoms with Crippen molar-refractivity contribution in [1.29, 1.82) is 0 Å². The molecule has 0 bridgehead atoms. The molecule has 1 unspecified atom stereocenters. The Labute approximate surface area is 191 Å². The highest BCUT2D eigenvalue weighted by Gasteiger charge is 2.24. The zero-order valence-electron chi connectivity index (χ0n) is 19.5. The molecule has 1 fully saturated rings. The summed E-state index contributed by atoms with van der Waals surface area (Å²) < 4.78 is 4.63. The van der Waals surface area contributed by atoms with Gasteiger partial charge < -0.3 is 19.8 Å². The highest BCUT2D eigenvalue weighted by atomic mass is 16.5. The van der Waals surface area contributed by atoms with Gasteiger partial charge in [-0.15, -0.1) is 6.42 Å². The quantitative estimate of drug-likeness (QED) is 0.530. The second-order valence-electron chi connectivity index (χ2n) is 8.30. The summed E-state index contributed by atoms with van der Waals surface area (Å²) in [6.07, 6.45) is 8.50. The van der Waals surface area contributed by atoms with Crippen LogP contribution in [-0.4, -0.2) is 46.7 Å². The van der Waals surface area contributed by atoms with Crippen LogP contribution in [0.1, 0.15) is 63.3 Å². The van der Waals surface area contributed by atoms with Crippen LogP contribution in [-0.2, 0) is 16.1 Å². The van der Waals surface area contributed by atoms with Crippen molar-refractivity contribution >= 4 is 12.3 Å². The standard InChI is InChI=1S/C10H9NO.C9H17NO2.C6H9NO/c1-2-9-3-5-10(6-4-9)7-11-8-12;1-7(2)5-9(12)10-4-3-8(11)6-10;1-5(2)6-3-4-8-7-6/h1,3-6,8H,7H2,(H,11,12);7-8,11H,3-6H2,1-2H3;3-5H,1-2H3. The number of terminal acetylenes is 1. The van der Waals surface area contributed by atoms with Crippen molar-refractivity contribution < 1.29 is 19.2 Å². The van der Waals surface area contributed by atoms with Gasteiger partial charge >= 0.3 is 0 Å². The maximum Gasteiger partial charge on any atom is 0.222 e. The first-order valence-electron chi connectivity index (χ1n) is 10.9. The van der Waals surface area contributed by atoms with Crippen LogP contribution in [0.15, 0.2) is 41.1 Å².